The maximum Gasteiger partial charge on any atom is 0.496 e. The average molecular weight is 437 g/mol. The summed E-state index contributed by atoms with van der Waals surface area (Å²) in [7, 11) is 1.58. The van der Waals surface area contributed by atoms with Crippen LogP contribution >= 0.6 is 0 Å². The molecular weight excluding hydrogens is 408 g/mol. The van der Waals surface area contributed by atoms with Gasteiger partial charge in [-0.05, 0) is 51.8 Å². The second-order valence-electron chi connectivity index (χ2n) is 9.13. The van der Waals surface area contributed by atoms with Gasteiger partial charge in [-0.15, -0.1) is 0 Å². The van der Waals surface area contributed by atoms with Crippen molar-refractivity contribution in [3.63, 3.8) is 0 Å². The molecule has 0 N–H and O–H groups in total. The molecule has 1 aliphatic rings. The summed E-state index contributed by atoms with van der Waals surface area (Å²) in [4.78, 5) is 11.2. The van der Waals surface area contributed by atoms with Crippen LogP contribution in [0.25, 0.3) is 5.82 Å². The average Bonchev–Trinajstić information content (AvgIpc) is 3.29. The van der Waals surface area contributed by atoms with Crippen molar-refractivity contribution in [3.05, 3.63) is 60.4 Å². The van der Waals surface area contributed by atoms with Crippen LogP contribution in [0.15, 0.2) is 49.1 Å². The summed E-state index contributed by atoms with van der Waals surface area (Å²) in [6.45, 7) is 10.3. The molecule has 0 saturated carbocycles. The molecular formula is C23H29BFN5O2. The molecule has 0 aromatic carbocycles. The van der Waals surface area contributed by atoms with E-state index in [0.29, 0.717) is 5.82 Å². The van der Waals surface area contributed by atoms with Gasteiger partial charge in [-0.3, -0.25) is 0 Å². The van der Waals surface area contributed by atoms with Gasteiger partial charge in [0.05, 0.1) is 29.6 Å². The monoisotopic (exact) mass is 437 g/mol. The van der Waals surface area contributed by atoms with Gasteiger partial charge in [0, 0.05) is 24.9 Å². The van der Waals surface area contributed by atoms with Crippen molar-refractivity contribution in [3.8, 4) is 5.82 Å². The second-order valence-corrected chi connectivity index (χ2v) is 9.13. The Kier molecular flexibility index (Phi) is 5.81. The number of halogens is 1. The molecule has 1 fully saturated rings. The van der Waals surface area contributed by atoms with E-state index in [-0.39, 0.29) is 17.2 Å². The van der Waals surface area contributed by atoms with Crippen molar-refractivity contribution in [2.75, 3.05) is 11.9 Å². The Labute approximate surface area is 188 Å². The molecule has 0 aliphatic carbocycles. The molecule has 32 heavy (non-hydrogen) atoms. The van der Waals surface area contributed by atoms with Crippen molar-refractivity contribution in [2.45, 2.75) is 58.3 Å². The fraction of sp³-hybridized carbons (Fsp3) is 0.435. The summed E-state index contributed by atoms with van der Waals surface area (Å²) < 4.78 is 26.9. The van der Waals surface area contributed by atoms with Gasteiger partial charge in [-0.25, -0.2) is 19.0 Å². The van der Waals surface area contributed by atoms with Crippen molar-refractivity contribution in [1.29, 1.82) is 0 Å². The number of anilines is 1. The van der Waals surface area contributed by atoms with Crippen LogP contribution in [-0.2, 0) is 9.31 Å². The lowest BCUT2D eigenvalue weighted by Gasteiger charge is -2.32. The standard InChI is InChI=1S/C23H29BFN5O2/c1-7-19(16-8-10-21(26-12-16)30-15-18(25)14-28-30)29(6)20-11-9-17(13-27-20)24-31-22(2,3)23(4,5)32-24/h8-15,19H,7H2,1-6H3/t19-/m0/s1. The van der Waals surface area contributed by atoms with E-state index in [1.54, 1.807) is 6.20 Å². The van der Waals surface area contributed by atoms with Crippen LogP contribution in [-0.4, -0.2) is 45.1 Å². The third-order valence-corrected chi connectivity index (χ3v) is 6.45. The van der Waals surface area contributed by atoms with Crippen LogP contribution < -0.4 is 10.4 Å². The van der Waals surface area contributed by atoms with E-state index in [1.807, 2.05) is 65.2 Å². The number of hydrogen-bond donors (Lipinski definition) is 0. The van der Waals surface area contributed by atoms with Crippen molar-refractivity contribution >= 4 is 18.4 Å². The van der Waals surface area contributed by atoms with Gasteiger partial charge in [-0.2, -0.15) is 5.10 Å². The number of hydrogen-bond acceptors (Lipinski definition) is 6. The van der Waals surface area contributed by atoms with Gasteiger partial charge >= 0.3 is 7.12 Å². The molecule has 1 saturated heterocycles. The molecule has 0 spiro atoms. The number of nitrogens with zero attached hydrogens (tertiary/aromatic N) is 5. The third-order valence-electron chi connectivity index (χ3n) is 6.45. The Morgan fingerprint density at radius 2 is 1.75 bits per heavy atom. The SMILES string of the molecule is CC[C@@H](c1ccc(-n2cc(F)cn2)nc1)N(C)c1ccc(B2OC(C)(C)C(C)(C)O2)cn1. The molecule has 4 rings (SSSR count). The lowest BCUT2D eigenvalue weighted by molar-refractivity contribution is 0.00578. The second kappa shape index (κ2) is 8.29. The van der Waals surface area contributed by atoms with Crippen molar-refractivity contribution in [2.24, 2.45) is 0 Å². The number of aromatic nitrogens is 4. The maximum absolute atomic E-state index is 13.2. The Morgan fingerprint density at radius 1 is 1.03 bits per heavy atom. The highest BCUT2D eigenvalue weighted by Crippen LogP contribution is 2.36. The first-order valence-corrected chi connectivity index (χ1v) is 10.8. The van der Waals surface area contributed by atoms with E-state index < -0.39 is 12.9 Å². The van der Waals surface area contributed by atoms with Gasteiger partial charge < -0.3 is 14.2 Å². The molecule has 1 aliphatic heterocycles. The number of pyridine rings is 2. The zero-order valence-electron chi connectivity index (χ0n) is 19.4. The van der Waals surface area contributed by atoms with Gasteiger partial charge in [0.1, 0.15) is 5.82 Å². The Balaban J connectivity index is 1.49. The van der Waals surface area contributed by atoms with Gasteiger partial charge in [-0.1, -0.05) is 19.1 Å². The summed E-state index contributed by atoms with van der Waals surface area (Å²) in [5.41, 5.74) is 1.16. The van der Waals surface area contributed by atoms with Crippen LogP contribution in [0, 0.1) is 5.82 Å². The number of rotatable bonds is 6. The summed E-state index contributed by atoms with van der Waals surface area (Å²) in [5.74, 6) is 1.02. The van der Waals surface area contributed by atoms with Crippen LogP contribution in [0.4, 0.5) is 10.2 Å². The summed E-state index contributed by atoms with van der Waals surface area (Å²) in [6.07, 6.45) is 6.95. The maximum atomic E-state index is 13.2. The quantitative estimate of drug-likeness (QED) is 0.549. The van der Waals surface area contributed by atoms with Crippen molar-refractivity contribution in [1.82, 2.24) is 19.7 Å². The molecule has 0 amide bonds. The smallest absolute Gasteiger partial charge is 0.399 e. The molecule has 4 heterocycles. The zero-order chi connectivity index (χ0) is 23.1. The van der Waals surface area contributed by atoms with Gasteiger partial charge in [0.25, 0.3) is 0 Å². The first-order valence-electron chi connectivity index (χ1n) is 10.8. The zero-order valence-corrected chi connectivity index (χ0v) is 19.4. The normalized spacial score (nSPS) is 18.0. The first-order chi connectivity index (χ1) is 15.1. The van der Waals surface area contributed by atoms with Crippen LogP contribution in [0.1, 0.15) is 52.6 Å². The molecule has 0 bridgehead atoms. The Morgan fingerprint density at radius 3 is 2.25 bits per heavy atom. The summed E-state index contributed by atoms with van der Waals surface area (Å²) >= 11 is 0. The topological polar surface area (TPSA) is 65.3 Å². The van der Waals surface area contributed by atoms with E-state index >= 15 is 0 Å². The van der Waals surface area contributed by atoms with E-state index in [4.69, 9.17) is 9.31 Å². The minimum absolute atomic E-state index is 0.0844. The predicted octanol–water partition coefficient (Wildman–Crippen LogP) is 3.69. The first kappa shape index (κ1) is 22.4. The molecule has 0 unspecified atom stereocenters. The fourth-order valence-electron chi connectivity index (χ4n) is 3.77. The Hall–Kier alpha value is -2.78. The minimum atomic E-state index is -0.433. The predicted molar refractivity (Wildman–Crippen MR) is 123 cm³/mol. The minimum Gasteiger partial charge on any atom is -0.399 e. The van der Waals surface area contributed by atoms with E-state index in [9.17, 15) is 4.39 Å². The van der Waals surface area contributed by atoms with Crippen LogP contribution in [0.5, 0.6) is 0 Å². The molecule has 1 atom stereocenters. The molecule has 9 heteroatoms. The highest BCUT2D eigenvalue weighted by molar-refractivity contribution is 6.62. The molecule has 0 radical (unpaired) electrons. The fourth-order valence-corrected chi connectivity index (χ4v) is 3.77. The highest BCUT2D eigenvalue weighted by Gasteiger charge is 2.51. The third kappa shape index (κ3) is 4.14. The molecule has 3 aromatic heterocycles. The van der Waals surface area contributed by atoms with E-state index in [2.05, 4.69) is 26.9 Å². The Bertz CT molecular complexity index is 1050. The van der Waals surface area contributed by atoms with Gasteiger partial charge in [0.15, 0.2) is 11.6 Å². The highest BCUT2D eigenvalue weighted by atomic mass is 19.1. The van der Waals surface area contributed by atoms with Crippen LogP contribution in [0.2, 0.25) is 0 Å². The summed E-state index contributed by atoms with van der Waals surface area (Å²) in [5, 5.41) is 3.96. The van der Waals surface area contributed by atoms with Crippen LogP contribution in [0.3, 0.4) is 0 Å². The lowest BCUT2D eigenvalue weighted by Crippen LogP contribution is -2.41. The largest absolute Gasteiger partial charge is 0.496 e. The molecule has 7 nitrogen and oxygen atoms in total. The summed E-state index contributed by atoms with van der Waals surface area (Å²) in [6, 6.07) is 7.90. The lowest BCUT2D eigenvalue weighted by atomic mass is 9.80. The van der Waals surface area contributed by atoms with E-state index in [0.717, 1.165) is 29.5 Å². The molecule has 168 valence electrons. The van der Waals surface area contributed by atoms with E-state index in [1.165, 1.54) is 10.9 Å². The van der Waals surface area contributed by atoms with Crippen molar-refractivity contribution < 1.29 is 13.7 Å². The van der Waals surface area contributed by atoms with Gasteiger partial charge in [0.2, 0.25) is 0 Å². The molecule has 3 aromatic rings.